The Bertz CT molecular complexity index is 699. The van der Waals surface area contributed by atoms with Crippen molar-refractivity contribution in [3.8, 4) is 0 Å². The van der Waals surface area contributed by atoms with E-state index in [4.69, 9.17) is 0 Å². The molecule has 0 unspecified atom stereocenters. The number of aliphatic hydroxyl groups is 2. The first-order chi connectivity index (χ1) is 10.5. The number of rotatable bonds is 1. The van der Waals surface area contributed by atoms with Gasteiger partial charge in [-0.15, -0.1) is 0 Å². The van der Waals surface area contributed by atoms with Crippen LogP contribution in [0.1, 0.15) is 34.5 Å². The van der Waals surface area contributed by atoms with Crippen molar-refractivity contribution < 1.29 is 15.0 Å². The molecule has 1 heterocycles. The third kappa shape index (κ3) is 2.30. The van der Waals surface area contributed by atoms with Crippen molar-refractivity contribution in [3.63, 3.8) is 0 Å². The zero-order chi connectivity index (χ0) is 15.9. The molecule has 0 aliphatic carbocycles. The van der Waals surface area contributed by atoms with E-state index >= 15 is 0 Å². The Kier molecular flexibility index (Phi) is 3.72. The lowest BCUT2D eigenvalue weighted by molar-refractivity contribution is -0.00107. The summed E-state index contributed by atoms with van der Waals surface area (Å²) in [6.07, 6.45) is -1.99. The highest BCUT2D eigenvalue weighted by atomic mass is 16.3. The van der Waals surface area contributed by atoms with Gasteiger partial charge in [-0.3, -0.25) is 4.79 Å². The van der Waals surface area contributed by atoms with Crippen LogP contribution in [-0.4, -0.2) is 28.3 Å². The highest BCUT2D eigenvalue weighted by Crippen LogP contribution is 2.38. The van der Waals surface area contributed by atoms with Crippen LogP contribution in [0.3, 0.4) is 0 Å². The minimum absolute atomic E-state index is 0.177. The van der Waals surface area contributed by atoms with Gasteiger partial charge in [-0.1, -0.05) is 35.9 Å². The summed E-state index contributed by atoms with van der Waals surface area (Å²) in [5, 5.41) is 20.6. The summed E-state index contributed by atoms with van der Waals surface area (Å²) in [5.74, 6) is -0.177. The molecule has 1 aliphatic heterocycles. The molecule has 22 heavy (non-hydrogen) atoms. The van der Waals surface area contributed by atoms with Crippen molar-refractivity contribution in [1.82, 2.24) is 0 Å². The molecule has 0 fully saturated rings. The summed E-state index contributed by atoms with van der Waals surface area (Å²) in [7, 11) is 0. The molecule has 0 aromatic heterocycles. The van der Waals surface area contributed by atoms with E-state index in [-0.39, 0.29) is 5.91 Å². The Morgan fingerprint density at radius 3 is 2.45 bits per heavy atom. The summed E-state index contributed by atoms with van der Waals surface area (Å²) < 4.78 is 0. The van der Waals surface area contributed by atoms with Gasteiger partial charge in [-0.25, -0.2) is 0 Å². The average molecular weight is 297 g/mol. The zero-order valence-corrected chi connectivity index (χ0v) is 12.6. The third-order valence-corrected chi connectivity index (χ3v) is 4.23. The molecule has 1 aliphatic rings. The minimum Gasteiger partial charge on any atom is -0.388 e. The van der Waals surface area contributed by atoms with E-state index in [2.05, 4.69) is 0 Å². The van der Waals surface area contributed by atoms with Crippen molar-refractivity contribution in [1.29, 1.82) is 0 Å². The number of amides is 1. The average Bonchev–Trinajstić information content (AvgIpc) is 2.54. The molecule has 3 atom stereocenters. The first-order valence-electron chi connectivity index (χ1n) is 7.36. The van der Waals surface area contributed by atoms with E-state index in [0.29, 0.717) is 16.8 Å². The molecule has 4 heteroatoms. The van der Waals surface area contributed by atoms with Crippen molar-refractivity contribution in [3.05, 3.63) is 65.2 Å². The Balaban J connectivity index is 2.11. The van der Waals surface area contributed by atoms with Gasteiger partial charge in [0.05, 0.1) is 11.7 Å². The number of carbonyl (C=O) groups is 1. The number of fused-ring (bicyclic) bond motifs is 1. The molecule has 2 N–H and O–H groups in total. The van der Waals surface area contributed by atoms with Gasteiger partial charge < -0.3 is 15.1 Å². The summed E-state index contributed by atoms with van der Waals surface area (Å²) in [6.45, 7) is 3.66. The largest absolute Gasteiger partial charge is 0.388 e. The Labute approximate surface area is 129 Å². The normalized spacial score (nSPS) is 24.0. The van der Waals surface area contributed by atoms with Crippen LogP contribution in [0.15, 0.2) is 48.5 Å². The standard InChI is InChI=1S/C18H19NO3/c1-11-8-9-15-14(10-11)17(21)16(20)12(2)19(15)18(22)13-6-4-3-5-7-13/h3-10,12,16-17,20-21H,1-2H3/t12-,16+,17+/m1/s1. The molecule has 4 nitrogen and oxygen atoms in total. The van der Waals surface area contributed by atoms with Gasteiger partial charge in [0.25, 0.3) is 5.91 Å². The topological polar surface area (TPSA) is 60.8 Å². The van der Waals surface area contributed by atoms with Crippen molar-refractivity contribution in [2.75, 3.05) is 4.90 Å². The third-order valence-electron chi connectivity index (χ3n) is 4.23. The molecule has 0 spiro atoms. The summed E-state index contributed by atoms with van der Waals surface area (Å²) >= 11 is 0. The molecule has 0 radical (unpaired) electrons. The van der Waals surface area contributed by atoms with Crippen LogP contribution in [0, 0.1) is 6.92 Å². The monoisotopic (exact) mass is 297 g/mol. The molecule has 0 saturated carbocycles. The maximum absolute atomic E-state index is 12.8. The second-order valence-corrected chi connectivity index (χ2v) is 5.78. The number of aliphatic hydroxyl groups excluding tert-OH is 2. The second-order valence-electron chi connectivity index (χ2n) is 5.78. The van der Waals surface area contributed by atoms with Crippen LogP contribution < -0.4 is 4.90 Å². The van der Waals surface area contributed by atoms with Crippen LogP contribution in [-0.2, 0) is 0 Å². The lowest BCUT2D eigenvalue weighted by atomic mass is 9.89. The van der Waals surface area contributed by atoms with Crippen LogP contribution in [0.4, 0.5) is 5.69 Å². The maximum atomic E-state index is 12.8. The van der Waals surface area contributed by atoms with E-state index < -0.39 is 18.2 Å². The van der Waals surface area contributed by atoms with Crippen molar-refractivity contribution >= 4 is 11.6 Å². The first kappa shape index (κ1) is 14.8. The molecule has 0 saturated heterocycles. The van der Waals surface area contributed by atoms with Gasteiger partial charge in [-0.05, 0) is 32.0 Å². The van der Waals surface area contributed by atoms with Crippen molar-refractivity contribution in [2.45, 2.75) is 32.1 Å². The molecule has 2 aromatic carbocycles. The lowest BCUT2D eigenvalue weighted by Gasteiger charge is -2.41. The van der Waals surface area contributed by atoms with Crippen LogP contribution in [0.25, 0.3) is 0 Å². The smallest absolute Gasteiger partial charge is 0.258 e. The number of anilines is 1. The summed E-state index contributed by atoms with van der Waals surface area (Å²) in [6, 6.07) is 14.0. The number of nitrogens with zero attached hydrogens (tertiary/aromatic N) is 1. The molecular formula is C18H19NO3. The van der Waals surface area contributed by atoms with Gasteiger partial charge >= 0.3 is 0 Å². The highest BCUT2D eigenvalue weighted by molar-refractivity contribution is 6.07. The highest BCUT2D eigenvalue weighted by Gasteiger charge is 2.39. The van der Waals surface area contributed by atoms with E-state index in [0.717, 1.165) is 5.56 Å². The SMILES string of the molecule is Cc1ccc2c(c1)[C@H](O)[C@@H](O)[C@@H](C)N2C(=O)c1ccccc1. The molecule has 114 valence electrons. The summed E-state index contributed by atoms with van der Waals surface area (Å²) in [4.78, 5) is 14.4. The van der Waals surface area contributed by atoms with Gasteiger partial charge in [0, 0.05) is 11.1 Å². The number of hydrogen-bond donors (Lipinski definition) is 2. The quantitative estimate of drug-likeness (QED) is 0.850. The fourth-order valence-electron chi connectivity index (χ4n) is 2.96. The fraction of sp³-hybridized carbons (Fsp3) is 0.278. The molecule has 1 amide bonds. The van der Waals surface area contributed by atoms with E-state index in [1.807, 2.05) is 43.3 Å². The fourth-order valence-corrected chi connectivity index (χ4v) is 2.96. The van der Waals surface area contributed by atoms with Gasteiger partial charge in [-0.2, -0.15) is 0 Å². The van der Waals surface area contributed by atoms with Gasteiger partial charge in [0.2, 0.25) is 0 Å². The molecule has 3 rings (SSSR count). The Hall–Kier alpha value is -2.17. The molecular weight excluding hydrogens is 278 g/mol. The van der Waals surface area contributed by atoms with Crippen LogP contribution in [0.5, 0.6) is 0 Å². The Morgan fingerprint density at radius 2 is 1.77 bits per heavy atom. The Morgan fingerprint density at radius 1 is 1.09 bits per heavy atom. The number of aryl methyl sites for hydroxylation is 1. The van der Waals surface area contributed by atoms with Gasteiger partial charge in [0.1, 0.15) is 12.2 Å². The van der Waals surface area contributed by atoms with E-state index in [1.165, 1.54) is 0 Å². The number of carbonyl (C=O) groups excluding carboxylic acids is 1. The van der Waals surface area contributed by atoms with Crippen molar-refractivity contribution in [2.24, 2.45) is 0 Å². The second kappa shape index (κ2) is 5.55. The molecule has 0 bridgehead atoms. The zero-order valence-electron chi connectivity index (χ0n) is 12.6. The molecule has 2 aromatic rings. The first-order valence-corrected chi connectivity index (χ1v) is 7.36. The lowest BCUT2D eigenvalue weighted by Crippen LogP contribution is -2.51. The van der Waals surface area contributed by atoms with E-state index in [1.54, 1.807) is 24.0 Å². The predicted molar refractivity (Wildman–Crippen MR) is 84.9 cm³/mol. The predicted octanol–water partition coefficient (Wildman–Crippen LogP) is 2.44. The van der Waals surface area contributed by atoms with Crippen LogP contribution in [0.2, 0.25) is 0 Å². The number of hydrogen-bond acceptors (Lipinski definition) is 3. The van der Waals surface area contributed by atoms with Gasteiger partial charge in [0.15, 0.2) is 0 Å². The van der Waals surface area contributed by atoms with E-state index in [9.17, 15) is 15.0 Å². The van der Waals surface area contributed by atoms with Crippen LogP contribution >= 0.6 is 0 Å². The number of benzene rings is 2. The maximum Gasteiger partial charge on any atom is 0.258 e. The summed E-state index contributed by atoms with van der Waals surface area (Å²) in [5.41, 5.74) is 2.79. The minimum atomic E-state index is -1.01.